The first kappa shape index (κ1) is 11.7. The van der Waals surface area contributed by atoms with Crippen molar-refractivity contribution in [3.8, 4) is 11.5 Å². The first-order valence-electron chi connectivity index (χ1n) is 5.39. The number of aryl methyl sites for hydroxylation is 1. The number of aromatic nitrogens is 4. The Bertz CT molecular complexity index is 510. The SMILES string of the molecule is Cc1nccc(-c2noc(C(C)C(C)O)n2)n1. The van der Waals surface area contributed by atoms with Crippen LogP contribution in [0.15, 0.2) is 16.8 Å². The summed E-state index contributed by atoms with van der Waals surface area (Å²) in [4.78, 5) is 12.4. The zero-order chi connectivity index (χ0) is 12.4. The average molecular weight is 234 g/mol. The molecule has 1 N–H and O–H groups in total. The van der Waals surface area contributed by atoms with Gasteiger partial charge in [0.1, 0.15) is 11.5 Å². The normalized spacial score (nSPS) is 14.6. The van der Waals surface area contributed by atoms with Crippen LogP contribution >= 0.6 is 0 Å². The standard InChI is InChI=1S/C11H14N4O2/c1-6(7(2)16)11-14-10(15-17-11)9-4-5-12-8(3)13-9/h4-7,16H,1-3H3. The summed E-state index contributed by atoms with van der Waals surface area (Å²) < 4.78 is 5.10. The monoisotopic (exact) mass is 234 g/mol. The molecular formula is C11H14N4O2. The molecule has 0 saturated carbocycles. The van der Waals surface area contributed by atoms with Gasteiger partial charge in [-0.15, -0.1) is 0 Å². The number of nitrogens with zero attached hydrogens (tertiary/aromatic N) is 4. The third-order valence-electron chi connectivity index (χ3n) is 2.56. The molecule has 0 bridgehead atoms. The van der Waals surface area contributed by atoms with Crippen molar-refractivity contribution in [2.45, 2.75) is 32.8 Å². The molecule has 2 aromatic rings. The van der Waals surface area contributed by atoms with Crippen LogP contribution in [0.5, 0.6) is 0 Å². The number of rotatable bonds is 3. The summed E-state index contributed by atoms with van der Waals surface area (Å²) in [6, 6.07) is 1.72. The van der Waals surface area contributed by atoms with E-state index in [1.807, 2.05) is 6.92 Å². The van der Waals surface area contributed by atoms with Crippen molar-refractivity contribution in [1.82, 2.24) is 20.1 Å². The van der Waals surface area contributed by atoms with Gasteiger partial charge in [-0.1, -0.05) is 12.1 Å². The van der Waals surface area contributed by atoms with Gasteiger partial charge >= 0.3 is 0 Å². The van der Waals surface area contributed by atoms with Crippen LogP contribution in [0, 0.1) is 6.92 Å². The fraction of sp³-hybridized carbons (Fsp3) is 0.455. The number of aliphatic hydroxyl groups is 1. The molecule has 6 heteroatoms. The summed E-state index contributed by atoms with van der Waals surface area (Å²) in [5, 5.41) is 13.3. The van der Waals surface area contributed by atoms with Gasteiger partial charge in [-0.05, 0) is 19.9 Å². The molecule has 90 valence electrons. The van der Waals surface area contributed by atoms with Gasteiger partial charge in [0.2, 0.25) is 11.7 Å². The van der Waals surface area contributed by atoms with Crippen LogP contribution in [-0.4, -0.2) is 31.3 Å². The fourth-order valence-corrected chi connectivity index (χ4v) is 1.31. The van der Waals surface area contributed by atoms with Crippen molar-refractivity contribution in [2.24, 2.45) is 0 Å². The third-order valence-corrected chi connectivity index (χ3v) is 2.56. The van der Waals surface area contributed by atoms with E-state index in [9.17, 15) is 5.11 Å². The molecule has 2 aromatic heterocycles. The molecule has 0 amide bonds. The predicted octanol–water partition coefficient (Wildman–Crippen LogP) is 1.32. The smallest absolute Gasteiger partial charge is 0.232 e. The molecule has 2 heterocycles. The predicted molar refractivity (Wildman–Crippen MR) is 60.2 cm³/mol. The molecular weight excluding hydrogens is 220 g/mol. The van der Waals surface area contributed by atoms with Gasteiger partial charge in [0.15, 0.2) is 0 Å². The lowest BCUT2D eigenvalue weighted by molar-refractivity contribution is 0.151. The first-order chi connectivity index (χ1) is 8.08. The van der Waals surface area contributed by atoms with E-state index in [0.717, 1.165) is 0 Å². The molecule has 0 aliphatic carbocycles. The third kappa shape index (κ3) is 2.47. The molecule has 2 rings (SSSR count). The molecule has 2 atom stereocenters. The summed E-state index contributed by atoms with van der Waals surface area (Å²) in [7, 11) is 0. The number of hydrogen-bond donors (Lipinski definition) is 1. The highest BCUT2D eigenvalue weighted by atomic mass is 16.5. The second-order valence-electron chi connectivity index (χ2n) is 3.97. The summed E-state index contributed by atoms with van der Waals surface area (Å²) in [5.74, 6) is 1.28. The minimum absolute atomic E-state index is 0.195. The lowest BCUT2D eigenvalue weighted by Gasteiger charge is -2.07. The van der Waals surface area contributed by atoms with E-state index in [1.165, 1.54) is 0 Å². The minimum Gasteiger partial charge on any atom is -0.393 e. The van der Waals surface area contributed by atoms with Gasteiger partial charge in [-0.25, -0.2) is 9.97 Å². The first-order valence-corrected chi connectivity index (χ1v) is 5.39. The maximum absolute atomic E-state index is 9.44. The van der Waals surface area contributed by atoms with E-state index < -0.39 is 6.10 Å². The quantitative estimate of drug-likeness (QED) is 0.862. The van der Waals surface area contributed by atoms with E-state index >= 15 is 0 Å². The Balaban J connectivity index is 2.30. The molecule has 6 nitrogen and oxygen atoms in total. The van der Waals surface area contributed by atoms with E-state index in [-0.39, 0.29) is 5.92 Å². The van der Waals surface area contributed by atoms with Crippen molar-refractivity contribution < 1.29 is 9.63 Å². The second-order valence-corrected chi connectivity index (χ2v) is 3.97. The van der Waals surface area contributed by atoms with Crippen molar-refractivity contribution in [1.29, 1.82) is 0 Å². The largest absolute Gasteiger partial charge is 0.393 e. The zero-order valence-corrected chi connectivity index (χ0v) is 9.95. The highest BCUT2D eigenvalue weighted by molar-refractivity contribution is 5.47. The van der Waals surface area contributed by atoms with Gasteiger partial charge in [0.05, 0.1) is 12.0 Å². The molecule has 0 fully saturated rings. The van der Waals surface area contributed by atoms with Gasteiger partial charge in [0.25, 0.3) is 0 Å². The Hall–Kier alpha value is -1.82. The van der Waals surface area contributed by atoms with Crippen LogP contribution in [-0.2, 0) is 0 Å². The van der Waals surface area contributed by atoms with Crippen molar-refractivity contribution in [3.05, 3.63) is 24.0 Å². The highest BCUT2D eigenvalue weighted by Gasteiger charge is 2.19. The Morgan fingerprint density at radius 1 is 1.29 bits per heavy atom. The Morgan fingerprint density at radius 2 is 2.06 bits per heavy atom. The molecule has 2 unspecified atom stereocenters. The van der Waals surface area contributed by atoms with E-state index in [0.29, 0.717) is 23.2 Å². The van der Waals surface area contributed by atoms with Gasteiger partial charge < -0.3 is 9.63 Å². The van der Waals surface area contributed by atoms with Crippen LogP contribution in [0.3, 0.4) is 0 Å². The average Bonchev–Trinajstić information content (AvgIpc) is 2.77. The van der Waals surface area contributed by atoms with Crippen LogP contribution in [0.25, 0.3) is 11.5 Å². The maximum atomic E-state index is 9.44. The second kappa shape index (κ2) is 4.58. The van der Waals surface area contributed by atoms with Gasteiger partial charge in [-0.3, -0.25) is 0 Å². The summed E-state index contributed by atoms with van der Waals surface area (Å²) in [6.07, 6.45) is 1.11. The lowest BCUT2D eigenvalue weighted by atomic mass is 10.1. The van der Waals surface area contributed by atoms with Crippen LogP contribution in [0.1, 0.15) is 31.5 Å². The zero-order valence-electron chi connectivity index (χ0n) is 9.95. The molecule has 0 aromatic carbocycles. The Kier molecular flexibility index (Phi) is 3.14. The molecule has 0 spiro atoms. The topological polar surface area (TPSA) is 84.9 Å². The lowest BCUT2D eigenvalue weighted by Crippen LogP contribution is -2.11. The number of aliphatic hydroxyl groups excluding tert-OH is 1. The van der Waals surface area contributed by atoms with E-state index in [1.54, 1.807) is 26.1 Å². The van der Waals surface area contributed by atoms with Crippen LogP contribution < -0.4 is 0 Å². The molecule has 17 heavy (non-hydrogen) atoms. The van der Waals surface area contributed by atoms with Crippen molar-refractivity contribution in [3.63, 3.8) is 0 Å². The van der Waals surface area contributed by atoms with Gasteiger partial charge in [-0.2, -0.15) is 4.98 Å². The summed E-state index contributed by atoms with van der Waals surface area (Å²) in [5.41, 5.74) is 0.616. The molecule has 0 radical (unpaired) electrons. The van der Waals surface area contributed by atoms with Crippen LogP contribution in [0.2, 0.25) is 0 Å². The minimum atomic E-state index is -0.532. The van der Waals surface area contributed by atoms with E-state index in [2.05, 4.69) is 20.1 Å². The summed E-state index contributed by atoms with van der Waals surface area (Å²) in [6.45, 7) is 5.31. The van der Waals surface area contributed by atoms with E-state index in [4.69, 9.17) is 4.52 Å². The number of hydrogen-bond acceptors (Lipinski definition) is 6. The maximum Gasteiger partial charge on any atom is 0.232 e. The molecule has 0 aliphatic rings. The fourth-order valence-electron chi connectivity index (χ4n) is 1.31. The summed E-state index contributed by atoms with van der Waals surface area (Å²) >= 11 is 0. The highest BCUT2D eigenvalue weighted by Crippen LogP contribution is 2.20. The Labute approximate surface area is 98.7 Å². The van der Waals surface area contributed by atoms with Crippen molar-refractivity contribution in [2.75, 3.05) is 0 Å². The van der Waals surface area contributed by atoms with Crippen molar-refractivity contribution >= 4 is 0 Å². The molecule has 0 aliphatic heterocycles. The van der Waals surface area contributed by atoms with Gasteiger partial charge in [0, 0.05) is 6.20 Å². The Morgan fingerprint density at radius 3 is 2.71 bits per heavy atom. The molecule has 0 saturated heterocycles. The van der Waals surface area contributed by atoms with Crippen LogP contribution in [0.4, 0.5) is 0 Å².